The summed E-state index contributed by atoms with van der Waals surface area (Å²) in [5.74, 6) is -0.894. The Morgan fingerprint density at radius 2 is 1.51 bits per heavy atom. The van der Waals surface area contributed by atoms with Crippen LogP contribution in [0.5, 0.6) is 0 Å². The van der Waals surface area contributed by atoms with Gasteiger partial charge < -0.3 is 10.2 Å². The molecule has 0 saturated carbocycles. The van der Waals surface area contributed by atoms with Crippen LogP contribution in [-0.4, -0.2) is 50.5 Å². The zero-order chi connectivity index (χ0) is 30.0. The molecule has 0 aliphatic rings. The third-order valence-electron chi connectivity index (χ3n) is 6.80. The molecule has 0 radical (unpaired) electrons. The summed E-state index contributed by atoms with van der Waals surface area (Å²) in [7, 11) is -3.84. The van der Waals surface area contributed by atoms with Gasteiger partial charge in [-0.25, -0.2) is 8.42 Å². The molecular formula is C31H37Cl2N3O4S. The van der Waals surface area contributed by atoms with E-state index >= 15 is 0 Å². The monoisotopic (exact) mass is 617 g/mol. The highest BCUT2D eigenvalue weighted by atomic mass is 35.5. The second kappa shape index (κ2) is 15.2. The fraction of sp³-hybridized carbons (Fsp3) is 0.355. The van der Waals surface area contributed by atoms with E-state index in [4.69, 9.17) is 23.2 Å². The van der Waals surface area contributed by atoms with Gasteiger partial charge in [-0.1, -0.05) is 92.0 Å². The number of carbonyl (C=O) groups is 2. The van der Waals surface area contributed by atoms with Crippen molar-refractivity contribution in [2.45, 2.75) is 52.1 Å². The molecule has 0 heterocycles. The lowest BCUT2D eigenvalue weighted by molar-refractivity contribution is -0.140. The van der Waals surface area contributed by atoms with Crippen molar-refractivity contribution in [3.05, 3.63) is 99.5 Å². The average Bonchev–Trinajstić information content (AvgIpc) is 2.95. The molecule has 0 fully saturated rings. The van der Waals surface area contributed by atoms with Crippen LogP contribution in [0.2, 0.25) is 10.0 Å². The Balaban J connectivity index is 2.07. The van der Waals surface area contributed by atoms with Gasteiger partial charge in [-0.3, -0.25) is 13.9 Å². The van der Waals surface area contributed by atoms with E-state index in [1.807, 2.05) is 56.3 Å². The van der Waals surface area contributed by atoms with Gasteiger partial charge in [0, 0.05) is 35.1 Å². The van der Waals surface area contributed by atoms with Gasteiger partial charge in [0.05, 0.1) is 11.9 Å². The van der Waals surface area contributed by atoms with Crippen LogP contribution < -0.4 is 9.62 Å². The molecule has 3 aromatic carbocycles. The number of hydrogen-bond donors (Lipinski definition) is 1. The summed E-state index contributed by atoms with van der Waals surface area (Å²) in [5.41, 5.74) is 2.72. The normalized spacial score (nSPS) is 12.0. The Hall–Kier alpha value is -3.07. The van der Waals surface area contributed by atoms with Crippen molar-refractivity contribution < 1.29 is 18.0 Å². The number of unbranched alkanes of at least 4 members (excludes halogenated alkanes) is 1. The molecular weight excluding hydrogens is 581 g/mol. The van der Waals surface area contributed by atoms with E-state index in [1.165, 1.54) is 4.90 Å². The van der Waals surface area contributed by atoms with Gasteiger partial charge in [0.2, 0.25) is 21.8 Å². The Morgan fingerprint density at radius 3 is 2.07 bits per heavy atom. The lowest BCUT2D eigenvalue weighted by atomic mass is 10.0. The van der Waals surface area contributed by atoms with Gasteiger partial charge >= 0.3 is 0 Å². The molecule has 1 N–H and O–H groups in total. The second-order valence-electron chi connectivity index (χ2n) is 9.86. The van der Waals surface area contributed by atoms with Crippen LogP contribution in [0.3, 0.4) is 0 Å². The van der Waals surface area contributed by atoms with Gasteiger partial charge in [0.15, 0.2) is 0 Å². The first-order valence-corrected chi connectivity index (χ1v) is 16.3. The zero-order valence-corrected chi connectivity index (χ0v) is 26.0. The predicted octanol–water partition coefficient (Wildman–Crippen LogP) is 5.88. The second-order valence-corrected chi connectivity index (χ2v) is 12.6. The van der Waals surface area contributed by atoms with Crippen LogP contribution in [0.25, 0.3) is 0 Å². The number of anilines is 1. The highest BCUT2D eigenvalue weighted by molar-refractivity contribution is 7.92. The maximum Gasteiger partial charge on any atom is 0.244 e. The predicted molar refractivity (Wildman–Crippen MR) is 167 cm³/mol. The molecule has 1 atom stereocenters. The molecule has 3 aromatic rings. The summed E-state index contributed by atoms with van der Waals surface area (Å²) in [5, 5.41) is 3.64. The van der Waals surface area contributed by atoms with E-state index in [1.54, 1.807) is 30.3 Å². The molecule has 0 bridgehead atoms. The number of nitrogens with one attached hydrogen (secondary N) is 1. The molecule has 0 aromatic heterocycles. The number of halogens is 2. The molecule has 220 valence electrons. The van der Waals surface area contributed by atoms with Gasteiger partial charge in [-0.05, 0) is 48.2 Å². The SMILES string of the molecule is CCCCNC(=O)[C@@H](Cc1ccccc1)N(Cc1c(Cl)cccc1Cl)C(=O)CN(c1ccc(CC)cc1)S(C)(=O)=O. The van der Waals surface area contributed by atoms with Crippen LogP contribution in [0.4, 0.5) is 5.69 Å². The summed E-state index contributed by atoms with van der Waals surface area (Å²) in [6, 6.07) is 20.5. The van der Waals surface area contributed by atoms with E-state index < -0.39 is 28.5 Å². The number of sulfonamides is 1. The van der Waals surface area contributed by atoms with E-state index in [-0.39, 0.29) is 18.9 Å². The van der Waals surface area contributed by atoms with E-state index in [2.05, 4.69) is 5.32 Å². The van der Waals surface area contributed by atoms with Crippen molar-refractivity contribution in [1.82, 2.24) is 10.2 Å². The first-order valence-electron chi connectivity index (χ1n) is 13.7. The van der Waals surface area contributed by atoms with Crippen molar-refractivity contribution in [2.24, 2.45) is 0 Å². The number of carbonyl (C=O) groups excluding carboxylic acids is 2. The maximum atomic E-state index is 14.1. The number of aryl methyl sites for hydroxylation is 1. The molecule has 10 heteroatoms. The summed E-state index contributed by atoms with van der Waals surface area (Å²) in [6.45, 7) is 3.90. The standard InChI is InChI=1S/C31H37Cl2N3O4S/c1-4-6-19-34-31(38)29(20-24-11-8-7-9-12-24)35(21-26-27(32)13-10-14-28(26)33)30(37)22-36(41(3,39)40)25-17-15-23(5-2)16-18-25/h7-18,29H,4-6,19-22H2,1-3H3,(H,34,38)/t29-/m1/s1. The Labute approximate surface area is 253 Å². The van der Waals surface area contributed by atoms with Crippen molar-refractivity contribution >= 4 is 50.7 Å². The van der Waals surface area contributed by atoms with Crippen molar-refractivity contribution in [3.8, 4) is 0 Å². The van der Waals surface area contributed by atoms with Gasteiger partial charge in [0.25, 0.3) is 0 Å². The van der Waals surface area contributed by atoms with Crippen LogP contribution in [0.1, 0.15) is 43.4 Å². The summed E-state index contributed by atoms with van der Waals surface area (Å²) < 4.78 is 26.9. The van der Waals surface area contributed by atoms with Crippen molar-refractivity contribution in [1.29, 1.82) is 0 Å². The minimum absolute atomic E-state index is 0.0809. The fourth-order valence-electron chi connectivity index (χ4n) is 4.43. The van der Waals surface area contributed by atoms with Gasteiger partial charge in [-0.2, -0.15) is 0 Å². The zero-order valence-electron chi connectivity index (χ0n) is 23.6. The summed E-state index contributed by atoms with van der Waals surface area (Å²) >= 11 is 13.0. The van der Waals surface area contributed by atoms with Crippen LogP contribution >= 0.6 is 23.2 Å². The molecule has 0 saturated heterocycles. The van der Waals surface area contributed by atoms with E-state index in [0.717, 1.165) is 41.0 Å². The quantitative estimate of drug-likeness (QED) is 0.229. The maximum absolute atomic E-state index is 14.1. The summed E-state index contributed by atoms with van der Waals surface area (Å²) in [4.78, 5) is 29.2. The van der Waals surface area contributed by atoms with E-state index in [9.17, 15) is 18.0 Å². The largest absolute Gasteiger partial charge is 0.354 e. The third kappa shape index (κ3) is 9.21. The smallest absolute Gasteiger partial charge is 0.244 e. The molecule has 0 aliphatic carbocycles. The number of hydrogen-bond acceptors (Lipinski definition) is 4. The summed E-state index contributed by atoms with van der Waals surface area (Å²) in [6.07, 6.45) is 3.74. The molecule has 3 rings (SSSR count). The number of rotatable bonds is 14. The van der Waals surface area contributed by atoms with E-state index in [0.29, 0.717) is 27.8 Å². The Kier molecular flexibility index (Phi) is 12.1. The topological polar surface area (TPSA) is 86.8 Å². The molecule has 2 amide bonds. The molecule has 0 spiro atoms. The number of amides is 2. The Bertz CT molecular complexity index is 1400. The lowest BCUT2D eigenvalue weighted by Crippen LogP contribution is -2.53. The molecule has 7 nitrogen and oxygen atoms in total. The van der Waals surface area contributed by atoms with Gasteiger partial charge in [-0.15, -0.1) is 0 Å². The highest BCUT2D eigenvalue weighted by Crippen LogP contribution is 2.28. The molecule has 41 heavy (non-hydrogen) atoms. The van der Waals surface area contributed by atoms with Crippen molar-refractivity contribution in [2.75, 3.05) is 23.7 Å². The average molecular weight is 619 g/mol. The number of benzene rings is 3. The Morgan fingerprint density at radius 1 is 0.878 bits per heavy atom. The van der Waals surface area contributed by atoms with Crippen LogP contribution in [-0.2, 0) is 39.0 Å². The minimum Gasteiger partial charge on any atom is -0.354 e. The number of nitrogens with zero attached hydrogens (tertiary/aromatic N) is 2. The fourth-order valence-corrected chi connectivity index (χ4v) is 5.79. The lowest BCUT2D eigenvalue weighted by Gasteiger charge is -2.34. The van der Waals surface area contributed by atoms with Gasteiger partial charge in [0.1, 0.15) is 12.6 Å². The van der Waals surface area contributed by atoms with Crippen molar-refractivity contribution in [3.63, 3.8) is 0 Å². The first-order chi connectivity index (χ1) is 19.5. The molecule has 0 aliphatic heterocycles. The molecule has 0 unspecified atom stereocenters. The third-order valence-corrected chi connectivity index (χ3v) is 8.65. The van der Waals surface area contributed by atoms with Crippen LogP contribution in [0, 0.1) is 0 Å². The first kappa shape index (κ1) is 32.4. The van der Waals surface area contributed by atoms with Crippen LogP contribution in [0.15, 0.2) is 72.8 Å². The highest BCUT2D eigenvalue weighted by Gasteiger charge is 2.33. The minimum atomic E-state index is -3.84.